The first-order valence-corrected chi connectivity index (χ1v) is 11.1. The van der Waals surface area contributed by atoms with E-state index in [9.17, 15) is 34.1 Å². The van der Waals surface area contributed by atoms with Crippen molar-refractivity contribution in [2.75, 3.05) is 11.9 Å². The Morgan fingerprint density at radius 3 is 2.11 bits per heavy atom. The second-order valence-electron chi connectivity index (χ2n) is 8.37. The van der Waals surface area contributed by atoms with Crippen LogP contribution in [-0.4, -0.2) is 70.1 Å². The lowest BCUT2D eigenvalue weighted by Gasteiger charge is -2.28. The summed E-state index contributed by atoms with van der Waals surface area (Å²) in [7, 11) is 0. The normalized spacial score (nSPS) is 17.5. The van der Waals surface area contributed by atoms with Gasteiger partial charge in [-0.2, -0.15) is 0 Å². The van der Waals surface area contributed by atoms with Crippen LogP contribution >= 0.6 is 0 Å². The number of non-ortho nitro benzene ring substituents is 1. The number of likely N-dealkylation sites (tertiary alicyclic amines) is 1. The summed E-state index contributed by atoms with van der Waals surface area (Å²) in [4.78, 5) is 73.0. The number of carbonyl (C=O) groups is 5. The van der Waals surface area contributed by atoms with Crippen LogP contribution in [0.15, 0.2) is 24.3 Å². The largest absolute Gasteiger partial charge is 0.345 e. The molecule has 0 bridgehead atoms. The summed E-state index contributed by atoms with van der Waals surface area (Å²) in [6.45, 7) is 6.06. The van der Waals surface area contributed by atoms with Crippen LogP contribution in [0.3, 0.4) is 0 Å². The molecule has 1 saturated heterocycles. The van der Waals surface area contributed by atoms with Crippen molar-refractivity contribution in [3.05, 3.63) is 34.4 Å². The van der Waals surface area contributed by atoms with Gasteiger partial charge in [-0.05, 0) is 45.7 Å². The first-order valence-electron chi connectivity index (χ1n) is 11.1. The molecular weight excluding hydrogens is 460 g/mol. The third kappa shape index (κ3) is 7.48. The Morgan fingerprint density at radius 1 is 0.943 bits per heavy atom. The smallest absolute Gasteiger partial charge is 0.269 e. The van der Waals surface area contributed by atoms with Crippen molar-refractivity contribution in [3.63, 3.8) is 0 Å². The van der Waals surface area contributed by atoms with E-state index in [1.54, 1.807) is 0 Å². The van der Waals surface area contributed by atoms with Crippen molar-refractivity contribution in [1.29, 1.82) is 0 Å². The summed E-state index contributed by atoms with van der Waals surface area (Å²) < 4.78 is 0. The number of anilines is 1. The zero-order valence-corrected chi connectivity index (χ0v) is 20.0. The van der Waals surface area contributed by atoms with Gasteiger partial charge in [-0.25, -0.2) is 0 Å². The molecule has 0 radical (unpaired) electrons. The van der Waals surface area contributed by atoms with Crippen molar-refractivity contribution in [2.45, 2.75) is 64.7 Å². The van der Waals surface area contributed by atoms with Crippen molar-refractivity contribution < 1.29 is 28.9 Å². The molecule has 4 N–H and O–H groups in total. The number of rotatable bonds is 9. The van der Waals surface area contributed by atoms with E-state index in [0.29, 0.717) is 25.1 Å². The topological polar surface area (TPSA) is 180 Å². The molecule has 1 aliphatic heterocycles. The lowest BCUT2D eigenvalue weighted by molar-refractivity contribution is -0.384. The number of hydrogen-bond acceptors (Lipinski definition) is 7. The molecule has 1 aromatic carbocycles. The van der Waals surface area contributed by atoms with Crippen molar-refractivity contribution >= 4 is 40.9 Å². The van der Waals surface area contributed by atoms with E-state index in [1.807, 2.05) is 0 Å². The van der Waals surface area contributed by atoms with E-state index in [0.717, 1.165) is 0 Å². The maximum absolute atomic E-state index is 12.9. The Bertz CT molecular complexity index is 997. The summed E-state index contributed by atoms with van der Waals surface area (Å²) in [6, 6.07) is 1.77. The predicted octanol–water partition coefficient (Wildman–Crippen LogP) is 0.0583. The van der Waals surface area contributed by atoms with E-state index < -0.39 is 52.7 Å². The predicted molar refractivity (Wildman–Crippen MR) is 125 cm³/mol. The summed E-state index contributed by atoms with van der Waals surface area (Å²) in [5.41, 5.74) is 0.211. The van der Waals surface area contributed by atoms with Crippen LogP contribution in [0.25, 0.3) is 0 Å². The van der Waals surface area contributed by atoms with Crippen LogP contribution in [0.4, 0.5) is 11.4 Å². The van der Waals surface area contributed by atoms with E-state index in [-0.39, 0.29) is 11.6 Å². The quantitative estimate of drug-likeness (QED) is 0.279. The highest BCUT2D eigenvalue weighted by molar-refractivity contribution is 5.99. The third-order valence-corrected chi connectivity index (χ3v) is 5.48. The van der Waals surface area contributed by atoms with Gasteiger partial charge in [0.2, 0.25) is 29.5 Å². The number of nitro benzene ring substituents is 1. The van der Waals surface area contributed by atoms with Crippen molar-refractivity contribution in [2.24, 2.45) is 0 Å². The molecule has 1 aromatic rings. The minimum absolute atomic E-state index is 0.120. The highest BCUT2D eigenvalue weighted by Crippen LogP contribution is 2.19. The molecular formula is C22H30N6O7. The number of hydrogen-bond donors (Lipinski definition) is 4. The lowest BCUT2D eigenvalue weighted by atomic mass is 10.1. The molecule has 35 heavy (non-hydrogen) atoms. The molecule has 0 aromatic heterocycles. The highest BCUT2D eigenvalue weighted by atomic mass is 16.6. The van der Waals surface area contributed by atoms with Crippen LogP contribution in [0.5, 0.6) is 0 Å². The molecule has 0 spiro atoms. The van der Waals surface area contributed by atoms with E-state index in [2.05, 4.69) is 21.3 Å². The Balaban J connectivity index is 1.93. The maximum Gasteiger partial charge on any atom is 0.269 e. The van der Waals surface area contributed by atoms with Gasteiger partial charge in [0.15, 0.2) is 0 Å². The summed E-state index contributed by atoms with van der Waals surface area (Å²) in [5.74, 6) is -2.40. The fraction of sp³-hybridized carbons (Fsp3) is 0.500. The van der Waals surface area contributed by atoms with Crippen LogP contribution in [0.1, 0.15) is 40.5 Å². The fourth-order valence-corrected chi connectivity index (χ4v) is 3.61. The molecule has 13 nitrogen and oxygen atoms in total. The number of nitrogens with zero attached hydrogens (tertiary/aromatic N) is 2. The zero-order chi connectivity index (χ0) is 26.3. The van der Waals surface area contributed by atoms with Gasteiger partial charge in [0.05, 0.1) is 4.92 Å². The van der Waals surface area contributed by atoms with Crippen molar-refractivity contribution in [3.8, 4) is 0 Å². The van der Waals surface area contributed by atoms with E-state index in [1.165, 1.54) is 56.9 Å². The summed E-state index contributed by atoms with van der Waals surface area (Å²) in [6.07, 6.45) is 0.980. The Kier molecular flexibility index (Phi) is 9.26. The molecule has 0 aliphatic carbocycles. The molecule has 4 atom stereocenters. The molecule has 5 amide bonds. The van der Waals surface area contributed by atoms with E-state index >= 15 is 0 Å². The van der Waals surface area contributed by atoms with Gasteiger partial charge in [-0.1, -0.05) is 0 Å². The molecule has 1 fully saturated rings. The molecule has 13 heteroatoms. The second kappa shape index (κ2) is 11.9. The number of amides is 5. The first-order chi connectivity index (χ1) is 16.4. The van der Waals surface area contributed by atoms with Gasteiger partial charge in [0.1, 0.15) is 24.2 Å². The van der Waals surface area contributed by atoms with Crippen LogP contribution in [0, 0.1) is 10.1 Å². The Hall–Kier alpha value is -4.03. The van der Waals surface area contributed by atoms with Gasteiger partial charge in [-0.15, -0.1) is 0 Å². The lowest BCUT2D eigenvalue weighted by Crippen LogP contribution is -2.56. The second-order valence-corrected chi connectivity index (χ2v) is 8.37. The SMILES string of the molecule is CC(=O)N[C@@H](C)C(=O)N[C@@H](C)C(=O)N1CCC[C@H]1C(=O)N[C@@H](C)C(=O)Nc1ccc([N+](=O)[O-])cc1. The average molecular weight is 491 g/mol. The maximum atomic E-state index is 12.9. The Morgan fingerprint density at radius 2 is 1.54 bits per heavy atom. The molecule has 0 saturated carbocycles. The molecule has 1 heterocycles. The number of carbonyl (C=O) groups excluding carboxylic acids is 5. The van der Waals surface area contributed by atoms with Gasteiger partial charge in [-0.3, -0.25) is 34.1 Å². The molecule has 0 unspecified atom stereocenters. The van der Waals surface area contributed by atoms with Crippen molar-refractivity contribution in [1.82, 2.24) is 20.9 Å². The molecule has 1 aliphatic rings. The average Bonchev–Trinajstić information content (AvgIpc) is 3.28. The Labute approximate surface area is 202 Å². The number of benzene rings is 1. The monoisotopic (exact) mass is 490 g/mol. The number of nitrogens with one attached hydrogen (secondary N) is 4. The minimum Gasteiger partial charge on any atom is -0.345 e. The van der Waals surface area contributed by atoms with E-state index in [4.69, 9.17) is 0 Å². The van der Waals surface area contributed by atoms with Gasteiger partial charge >= 0.3 is 0 Å². The zero-order valence-electron chi connectivity index (χ0n) is 20.0. The number of nitro groups is 1. The molecule has 190 valence electrons. The van der Waals surface area contributed by atoms with Crippen LogP contribution < -0.4 is 21.3 Å². The standard InChI is InChI=1S/C22H30N6O7/c1-12(23-15(4)29)19(30)25-14(3)22(33)27-11-5-6-18(27)21(32)24-13(2)20(31)26-16-7-9-17(10-8-16)28(34)35/h7-10,12-14,18H,5-6,11H2,1-4H3,(H,23,29)(H,24,32)(H,25,30)(H,26,31)/t12-,13-,14-,18-/m0/s1. The van der Waals surface area contributed by atoms with Gasteiger partial charge in [0, 0.05) is 31.3 Å². The molecule has 2 rings (SSSR count). The van der Waals surface area contributed by atoms with Gasteiger partial charge in [0.25, 0.3) is 5.69 Å². The summed E-state index contributed by atoms with van der Waals surface area (Å²) in [5, 5.41) is 20.9. The van der Waals surface area contributed by atoms with Crippen LogP contribution in [0.2, 0.25) is 0 Å². The first kappa shape index (κ1) is 27.2. The third-order valence-electron chi connectivity index (χ3n) is 5.48. The van der Waals surface area contributed by atoms with Crippen LogP contribution in [-0.2, 0) is 24.0 Å². The van der Waals surface area contributed by atoms with Gasteiger partial charge < -0.3 is 26.2 Å². The fourth-order valence-electron chi connectivity index (χ4n) is 3.61. The summed E-state index contributed by atoms with van der Waals surface area (Å²) >= 11 is 0. The highest BCUT2D eigenvalue weighted by Gasteiger charge is 2.37. The minimum atomic E-state index is -0.939.